The highest BCUT2D eigenvalue weighted by molar-refractivity contribution is 7.93. The highest BCUT2D eigenvalue weighted by Gasteiger charge is 2.23. The molecule has 0 spiro atoms. The highest BCUT2D eigenvalue weighted by atomic mass is 32.2. The predicted molar refractivity (Wildman–Crippen MR) is 82.6 cm³/mol. The van der Waals surface area contributed by atoms with Crippen molar-refractivity contribution < 1.29 is 9.35 Å². The second-order valence-electron chi connectivity index (χ2n) is 4.29. The minimum absolute atomic E-state index is 0.167. The molecule has 1 aromatic heterocycles. The lowest BCUT2D eigenvalue weighted by Crippen LogP contribution is -2.06. The van der Waals surface area contributed by atoms with Gasteiger partial charge in [0.15, 0.2) is 5.82 Å². The molecule has 0 radical (unpaired) electrons. The van der Waals surface area contributed by atoms with E-state index in [0.717, 1.165) is 24.2 Å². The number of hydrogen-bond donors (Lipinski definition) is 1. The van der Waals surface area contributed by atoms with Crippen LogP contribution in [-0.2, 0) is 11.2 Å². The first kappa shape index (κ1) is 15.0. The van der Waals surface area contributed by atoms with Crippen LogP contribution >= 0.6 is 11.3 Å². The van der Waals surface area contributed by atoms with E-state index in [9.17, 15) is 9.35 Å². The second-order valence-corrected chi connectivity index (χ2v) is 7.04. The lowest BCUT2D eigenvalue weighted by molar-refractivity contribution is 0.104. The molecule has 1 atom stereocenters. The number of thiazole rings is 1. The van der Waals surface area contributed by atoms with Crippen LogP contribution in [0.2, 0.25) is 0 Å². The lowest BCUT2D eigenvalue weighted by Gasteiger charge is -2.04. The highest BCUT2D eigenvalue weighted by Crippen LogP contribution is 2.28. The maximum absolute atomic E-state index is 12.3. The Hall–Kier alpha value is -1.37. The third-order valence-corrected chi connectivity index (χ3v) is 5.57. The van der Waals surface area contributed by atoms with Crippen molar-refractivity contribution in [1.29, 1.82) is 0 Å². The van der Waals surface area contributed by atoms with E-state index in [4.69, 9.17) is 5.73 Å². The van der Waals surface area contributed by atoms with Crippen molar-refractivity contribution in [3.63, 3.8) is 0 Å². The van der Waals surface area contributed by atoms with Gasteiger partial charge in [-0.15, -0.1) is 0 Å². The van der Waals surface area contributed by atoms with Crippen LogP contribution < -0.4 is 5.73 Å². The largest absolute Gasteiger partial charge is 0.610 e. The summed E-state index contributed by atoms with van der Waals surface area (Å²) < 4.78 is 12.5. The summed E-state index contributed by atoms with van der Waals surface area (Å²) in [4.78, 5) is 16.8. The van der Waals surface area contributed by atoms with E-state index in [1.165, 1.54) is 0 Å². The Balaban J connectivity index is 2.21. The molecular weight excluding hydrogens is 292 g/mol. The van der Waals surface area contributed by atoms with Gasteiger partial charge in [0.1, 0.15) is 10.6 Å². The van der Waals surface area contributed by atoms with Crippen molar-refractivity contribution in [2.45, 2.75) is 24.1 Å². The number of anilines is 1. The first-order valence-corrected chi connectivity index (χ1v) is 8.51. The Kier molecular flexibility index (Phi) is 5.17. The molecule has 1 aromatic carbocycles. The molecule has 4 nitrogen and oxygen atoms in total. The number of aromatic nitrogens is 1. The number of nitrogens with zero attached hydrogens (tertiary/aromatic N) is 1. The van der Waals surface area contributed by atoms with Crippen molar-refractivity contribution in [3.8, 4) is 0 Å². The minimum Gasteiger partial charge on any atom is -0.610 e. The first-order valence-electron chi connectivity index (χ1n) is 6.38. The molecular formula is C14H16N2O2S2. The summed E-state index contributed by atoms with van der Waals surface area (Å²) in [7, 11) is 0. The molecule has 0 fully saturated rings. The second kappa shape index (κ2) is 6.88. The molecule has 1 heterocycles. The molecule has 0 aliphatic heterocycles. The fraction of sp³-hybridized carbons (Fsp3) is 0.286. The summed E-state index contributed by atoms with van der Waals surface area (Å²) in [6, 6.07) is 8.90. The number of hydrogen-bond acceptors (Lipinski definition) is 5. The van der Waals surface area contributed by atoms with Crippen molar-refractivity contribution in [3.05, 3.63) is 40.8 Å². The zero-order chi connectivity index (χ0) is 14.5. The van der Waals surface area contributed by atoms with Crippen LogP contribution in [0.4, 0.5) is 5.82 Å². The van der Waals surface area contributed by atoms with Crippen LogP contribution in [0.5, 0.6) is 0 Å². The van der Waals surface area contributed by atoms with E-state index in [-0.39, 0.29) is 11.6 Å². The van der Waals surface area contributed by atoms with Gasteiger partial charge in [-0.25, -0.2) is 0 Å². The van der Waals surface area contributed by atoms with Gasteiger partial charge in [-0.05, 0) is 6.42 Å². The molecule has 0 saturated carbocycles. The Labute approximate surface area is 125 Å². The summed E-state index contributed by atoms with van der Waals surface area (Å²) >= 11 is -0.0353. The summed E-state index contributed by atoms with van der Waals surface area (Å²) in [6.45, 7) is 2.04. The SMILES string of the molecule is CCCC[S+]([O-])c1nc(N)c(C(=O)c2ccccc2)s1. The molecule has 20 heavy (non-hydrogen) atoms. The van der Waals surface area contributed by atoms with E-state index in [1.54, 1.807) is 24.3 Å². The van der Waals surface area contributed by atoms with E-state index in [2.05, 4.69) is 4.98 Å². The van der Waals surface area contributed by atoms with Gasteiger partial charge in [-0.1, -0.05) is 55.0 Å². The van der Waals surface area contributed by atoms with Crippen LogP contribution in [-0.4, -0.2) is 21.1 Å². The van der Waals surface area contributed by atoms with Gasteiger partial charge in [0.25, 0.3) is 0 Å². The quantitative estimate of drug-likeness (QED) is 0.657. The lowest BCUT2D eigenvalue weighted by atomic mass is 10.1. The van der Waals surface area contributed by atoms with Gasteiger partial charge < -0.3 is 10.3 Å². The number of carbonyl (C=O) groups excluding carboxylic acids is 1. The fourth-order valence-electron chi connectivity index (χ4n) is 1.65. The summed E-state index contributed by atoms with van der Waals surface area (Å²) in [5, 5.41) is 0. The molecule has 1 unspecified atom stereocenters. The molecule has 2 N–H and O–H groups in total. The number of carbonyl (C=O) groups is 1. The first-order chi connectivity index (χ1) is 9.63. The summed E-state index contributed by atoms with van der Waals surface area (Å²) in [5.74, 6) is 0.561. The van der Waals surface area contributed by atoms with Crippen molar-refractivity contribution >= 4 is 34.1 Å². The zero-order valence-corrected chi connectivity index (χ0v) is 12.8. The third kappa shape index (κ3) is 3.39. The van der Waals surface area contributed by atoms with Crippen molar-refractivity contribution in [1.82, 2.24) is 4.98 Å². The van der Waals surface area contributed by atoms with Crippen LogP contribution in [0.15, 0.2) is 34.7 Å². The number of ketones is 1. The molecule has 2 aromatic rings. The zero-order valence-electron chi connectivity index (χ0n) is 11.2. The van der Waals surface area contributed by atoms with E-state index in [1.807, 2.05) is 13.0 Å². The van der Waals surface area contributed by atoms with Gasteiger partial charge in [-0.3, -0.25) is 4.79 Å². The van der Waals surface area contributed by atoms with Crippen LogP contribution in [0.25, 0.3) is 0 Å². The molecule has 0 amide bonds. The third-order valence-electron chi connectivity index (χ3n) is 2.75. The normalized spacial score (nSPS) is 12.3. The smallest absolute Gasteiger partial charge is 0.304 e. The van der Waals surface area contributed by atoms with E-state index in [0.29, 0.717) is 20.5 Å². The van der Waals surface area contributed by atoms with Crippen molar-refractivity contribution in [2.75, 3.05) is 11.5 Å². The Morgan fingerprint density at radius 3 is 2.75 bits per heavy atom. The van der Waals surface area contributed by atoms with Gasteiger partial charge in [0.2, 0.25) is 5.78 Å². The molecule has 0 aliphatic carbocycles. The molecule has 106 valence electrons. The van der Waals surface area contributed by atoms with Gasteiger partial charge >= 0.3 is 4.34 Å². The maximum Gasteiger partial charge on any atom is 0.304 e. The van der Waals surface area contributed by atoms with Crippen LogP contribution in [0.1, 0.15) is 35.0 Å². The Morgan fingerprint density at radius 1 is 1.40 bits per heavy atom. The summed E-state index contributed by atoms with van der Waals surface area (Å²) in [5.41, 5.74) is 6.35. The topological polar surface area (TPSA) is 79.0 Å². The fourth-order valence-corrected chi connectivity index (χ4v) is 4.13. The molecule has 2 rings (SSSR count). The van der Waals surface area contributed by atoms with E-state index < -0.39 is 11.2 Å². The van der Waals surface area contributed by atoms with E-state index >= 15 is 0 Å². The standard InChI is InChI=1S/C14H16N2O2S2/c1-2-3-9-20(18)14-16-13(15)12(19-14)11(17)10-7-5-4-6-8-10/h4-8H,2-3,9,15H2,1H3. The number of nitrogens with two attached hydrogens (primary N) is 1. The molecule has 6 heteroatoms. The predicted octanol–water partition coefficient (Wildman–Crippen LogP) is 2.86. The van der Waals surface area contributed by atoms with Crippen molar-refractivity contribution in [2.24, 2.45) is 0 Å². The minimum atomic E-state index is -1.17. The number of nitrogen functional groups attached to an aromatic ring is 1. The van der Waals surface area contributed by atoms with Gasteiger partial charge in [0.05, 0.1) is 0 Å². The average Bonchev–Trinajstić information content (AvgIpc) is 2.87. The molecule has 0 saturated heterocycles. The van der Waals surface area contributed by atoms with Gasteiger partial charge in [0, 0.05) is 16.7 Å². The molecule has 0 aliphatic rings. The maximum atomic E-state index is 12.3. The summed E-state index contributed by atoms with van der Waals surface area (Å²) in [6.07, 6.45) is 1.84. The van der Waals surface area contributed by atoms with Gasteiger partial charge in [-0.2, -0.15) is 4.98 Å². The Bertz CT molecular complexity index is 584. The van der Waals surface area contributed by atoms with Crippen LogP contribution in [0, 0.1) is 0 Å². The number of unbranched alkanes of at least 4 members (excludes halogenated alkanes) is 1. The Morgan fingerprint density at radius 2 is 2.10 bits per heavy atom. The monoisotopic (exact) mass is 308 g/mol. The number of rotatable bonds is 6. The molecule has 0 bridgehead atoms. The number of benzene rings is 1. The average molecular weight is 308 g/mol. The van der Waals surface area contributed by atoms with Crippen LogP contribution in [0.3, 0.4) is 0 Å².